The quantitative estimate of drug-likeness (QED) is 0.442. The maximum absolute atomic E-state index is 13.4. The van der Waals surface area contributed by atoms with Crippen LogP contribution in [0.2, 0.25) is 0 Å². The van der Waals surface area contributed by atoms with Gasteiger partial charge in [0, 0.05) is 11.9 Å². The lowest BCUT2D eigenvalue weighted by molar-refractivity contribution is 0.0686. The van der Waals surface area contributed by atoms with Gasteiger partial charge in [0.2, 0.25) is 0 Å². The van der Waals surface area contributed by atoms with Crippen LogP contribution in [-0.2, 0) is 6.54 Å². The fourth-order valence-electron chi connectivity index (χ4n) is 4.42. The molecule has 0 aliphatic carbocycles. The van der Waals surface area contributed by atoms with Crippen molar-refractivity contribution in [3.63, 3.8) is 0 Å². The average Bonchev–Trinajstić information content (AvgIpc) is 3.07. The number of para-hydroxylation sites is 1. The van der Waals surface area contributed by atoms with Gasteiger partial charge in [-0.15, -0.1) is 0 Å². The standard InChI is InChI=1S/C26H21N3O4/c1-15-6-5-7-17(12-15)14-28-21-11-10-16(2)13-19(21)22(23(28)25(31)32)29-24(30)18-8-3-4-9-20(18)27-26(29)33/h3-13H,14H2,1-2H3,(H,27,33)(H,31,32). The van der Waals surface area contributed by atoms with Gasteiger partial charge in [0.25, 0.3) is 5.56 Å². The van der Waals surface area contributed by atoms with Crippen LogP contribution in [0.15, 0.2) is 76.3 Å². The van der Waals surface area contributed by atoms with Crippen molar-refractivity contribution in [1.82, 2.24) is 14.1 Å². The molecule has 0 saturated heterocycles. The van der Waals surface area contributed by atoms with Crippen molar-refractivity contribution < 1.29 is 9.90 Å². The minimum Gasteiger partial charge on any atom is -0.477 e. The zero-order valence-corrected chi connectivity index (χ0v) is 18.1. The Morgan fingerprint density at radius 1 is 0.909 bits per heavy atom. The van der Waals surface area contributed by atoms with E-state index in [1.807, 2.05) is 56.3 Å². The van der Waals surface area contributed by atoms with Crippen molar-refractivity contribution in [2.45, 2.75) is 20.4 Å². The molecule has 33 heavy (non-hydrogen) atoms. The van der Waals surface area contributed by atoms with Crippen molar-refractivity contribution in [2.24, 2.45) is 0 Å². The van der Waals surface area contributed by atoms with Crippen molar-refractivity contribution in [3.05, 3.63) is 110 Å². The lowest BCUT2D eigenvalue weighted by Gasteiger charge is -2.11. The number of nitrogens with zero attached hydrogens (tertiary/aromatic N) is 2. The number of carboxylic acid groups (broad SMARTS) is 1. The normalized spacial score (nSPS) is 11.3. The molecule has 0 radical (unpaired) electrons. The maximum Gasteiger partial charge on any atom is 0.354 e. The number of aryl methyl sites for hydroxylation is 2. The molecule has 0 aliphatic heterocycles. The molecule has 0 amide bonds. The first-order valence-electron chi connectivity index (χ1n) is 10.5. The van der Waals surface area contributed by atoms with Crippen LogP contribution in [0.1, 0.15) is 27.2 Å². The maximum atomic E-state index is 13.4. The van der Waals surface area contributed by atoms with E-state index in [4.69, 9.17) is 0 Å². The van der Waals surface area contributed by atoms with Gasteiger partial charge in [0.05, 0.1) is 22.1 Å². The van der Waals surface area contributed by atoms with Crippen molar-refractivity contribution in [2.75, 3.05) is 0 Å². The Morgan fingerprint density at radius 3 is 2.42 bits per heavy atom. The van der Waals surface area contributed by atoms with Gasteiger partial charge >= 0.3 is 11.7 Å². The Hall–Kier alpha value is -4.39. The molecule has 0 atom stereocenters. The number of hydrogen-bond donors (Lipinski definition) is 2. The van der Waals surface area contributed by atoms with Crippen LogP contribution in [-0.4, -0.2) is 25.2 Å². The lowest BCUT2D eigenvalue weighted by Crippen LogP contribution is -2.34. The fraction of sp³-hybridized carbons (Fsp3) is 0.115. The smallest absolute Gasteiger partial charge is 0.354 e. The summed E-state index contributed by atoms with van der Waals surface area (Å²) >= 11 is 0. The summed E-state index contributed by atoms with van der Waals surface area (Å²) in [6.07, 6.45) is 0. The average molecular weight is 439 g/mol. The van der Waals surface area contributed by atoms with E-state index in [-0.39, 0.29) is 17.9 Å². The first-order chi connectivity index (χ1) is 15.8. The number of aromatic nitrogens is 3. The van der Waals surface area contributed by atoms with Crippen LogP contribution in [0, 0.1) is 13.8 Å². The molecule has 0 aliphatic rings. The third-order valence-electron chi connectivity index (χ3n) is 5.85. The zero-order valence-electron chi connectivity index (χ0n) is 18.1. The van der Waals surface area contributed by atoms with Crippen molar-refractivity contribution in [3.8, 4) is 5.69 Å². The van der Waals surface area contributed by atoms with E-state index in [0.29, 0.717) is 21.8 Å². The molecule has 0 spiro atoms. The predicted molar refractivity (Wildman–Crippen MR) is 128 cm³/mol. The van der Waals surface area contributed by atoms with E-state index in [9.17, 15) is 19.5 Å². The summed E-state index contributed by atoms with van der Waals surface area (Å²) in [5.74, 6) is -1.22. The minimum atomic E-state index is -1.22. The molecule has 2 N–H and O–H groups in total. The summed E-state index contributed by atoms with van der Waals surface area (Å²) in [6.45, 7) is 4.14. The Kier molecular flexibility index (Phi) is 4.74. The summed E-state index contributed by atoms with van der Waals surface area (Å²) in [5.41, 5.74) is 2.62. The Labute approximate surface area is 188 Å². The van der Waals surface area contributed by atoms with E-state index < -0.39 is 17.2 Å². The van der Waals surface area contributed by atoms with Crippen LogP contribution in [0.5, 0.6) is 0 Å². The predicted octanol–water partition coefficient (Wildman–Crippen LogP) is 4.00. The number of hydrogen-bond acceptors (Lipinski definition) is 3. The van der Waals surface area contributed by atoms with Gasteiger partial charge in [-0.05, 0) is 43.7 Å². The number of H-pyrrole nitrogens is 1. The molecular weight excluding hydrogens is 418 g/mol. The monoisotopic (exact) mass is 439 g/mol. The van der Waals surface area contributed by atoms with Crippen LogP contribution >= 0.6 is 0 Å². The van der Waals surface area contributed by atoms with E-state index in [1.165, 1.54) is 0 Å². The number of carbonyl (C=O) groups is 1. The minimum absolute atomic E-state index is 0.0749. The van der Waals surface area contributed by atoms with Gasteiger partial charge in [-0.2, -0.15) is 0 Å². The van der Waals surface area contributed by atoms with E-state index in [1.54, 1.807) is 28.8 Å². The number of fused-ring (bicyclic) bond motifs is 2. The highest BCUT2D eigenvalue weighted by molar-refractivity contribution is 6.03. The number of benzene rings is 3. The third-order valence-corrected chi connectivity index (χ3v) is 5.85. The second kappa shape index (κ2) is 7.63. The Bertz CT molecular complexity index is 1690. The van der Waals surface area contributed by atoms with Gasteiger partial charge in [0.1, 0.15) is 0 Å². The first-order valence-corrected chi connectivity index (χ1v) is 10.5. The highest BCUT2D eigenvalue weighted by Gasteiger charge is 2.26. The largest absolute Gasteiger partial charge is 0.477 e. The second-order valence-electron chi connectivity index (χ2n) is 8.21. The molecule has 164 valence electrons. The highest BCUT2D eigenvalue weighted by atomic mass is 16.4. The lowest BCUT2D eigenvalue weighted by atomic mass is 10.1. The molecule has 7 nitrogen and oxygen atoms in total. The third kappa shape index (κ3) is 3.34. The molecule has 5 rings (SSSR count). The summed E-state index contributed by atoms with van der Waals surface area (Å²) in [5, 5.41) is 11.1. The number of rotatable bonds is 4. The zero-order chi connectivity index (χ0) is 23.3. The molecular formula is C26H21N3O4. The molecule has 2 aromatic heterocycles. The Balaban J connectivity index is 1.91. The van der Waals surface area contributed by atoms with Gasteiger partial charge in [-0.25, -0.2) is 14.2 Å². The first kappa shape index (κ1) is 20.5. The van der Waals surface area contributed by atoms with E-state index >= 15 is 0 Å². The van der Waals surface area contributed by atoms with E-state index in [2.05, 4.69) is 4.98 Å². The van der Waals surface area contributed by atoms with Crippen LogP contribution in [0.4, 0.5) is 0 Å². The molecule has 3 aromatic carbocycles. The fourth-order valence-corrected chi connectivity index (χ4v) is 4.42. The second-order valence-corrected chi connectivity index (χ2v) is 8.21. The van der Waals surface area contributed by atoms with Crippen molar-refractivity contribution >= 4 is 27.8 Å². The molecule has 0 unspecified atom stereocenters. The van der Waals surface area contributed by atoms with E-state index in [0.717, 1.165) is 21.3 Å². The number of nitrogens with one attached hydrogen (secondary N) is 1. The highest BCUT2D eigenvalue weighted by Crippen LogP contribution is 2.30. The summed E-state index contributed by atoms with van der Waals surface area (Å²) < 4.78 is 2.60. The van der Waals surface area contributed by atoms with Crippen LogP contribution in [0.25, 0.3) is 27.5 Å². The topological polar surface area (TPSA) is 97.1 Å². The summed E-state index contributed by atoms with van der Waals surface area (Å²) in [7, 11) is 0. The number of aromatic carboxylic acids is 1. The van der Waals surface area contributed by atoms with Crippen LogP contribution in [0.3, 0.4) is 0 Å². The molecule has 0 bridgehead atoms. The summed E-state index contributed by atoms with van der Waals surface area (Å²) in [6, 6.07) is 20.0. The molecule has 7 heteroatoms. The van der Waals surface area contributed by atoms with Gasteiger partial charge in [0.15, 0.2) is 5.69 Å². The Morgan fingerprint density at radius 2 is 1.67 bits per heavy atom. The summed E-state index contributed by atoms with van der Waals surface area (Å²) in [4.78, 5) is 41.8. The van der Waals surface area contributed by atoms with Gasteiger partial charge in [-0.1, -0.05) is 53.6 Å². The molecule has 0 fully saturated rings. The molecule has 0 saturated carbocycles. The molecule has 5 aromatic rings. The molecule has 2 heterocycles. The van der Waals surface area contributed by atoms with Crippen LogP contribution < -0.4 is 11.2 Å². The van der Waals surface area contributed by atoms with Gasteiger partial charge in [-0.3, -0.25) is 4.79 Å². The SMILES string of the molecule is Cc1cccc(Cn2c(C(=O)O)c(-n3c(=O)[nH]c4ccccc4c3=O)c3cc(C)ccc32)c1. The van der Waals surface area contributed by atoms with Gasteiger partial charge < -0.3 is 14.7 Å². The number of carboxylic acids is 1. The number of aromatic amines is 1. The van der Waals surface area contributed by atoms with Crippen molar-refractivity contribution in [1.29, 1.82) is 0 Å².